The highest BCUT2D eigenvalue weighted by molar-refractivity contribution is 5.76. The Morgan fingerprint density at radius 3 is 1.04 bits per heavy atom. The van der Waals surface area contributed by atoms with E-state index in [1.807, 2.05) is 6.08 Å². The highest BCUT2D eigenvalue weighted by Gasteiger charge is 2.17. The van der Waals surface area contributed by atoms with E-state index in [4.69, 9.17) is 0 Å². The predicted octanol–water partition coefficient (Wildman–Crippen LogP) is 14.2. The van der Waals surface area contributed by atoms with Crippen LogP contribution >= 0.6 is 0 Å². The largest absolute Gasteiger partial charge is 0.394 e. The number of amides is 1. The first-order valence-electron chi connectivity index (χ1n) is 22.9. The molecule has 0 aromatic carbocycles. The molecule has 4 nitrogen and oxygen atoms in total. The number of carbonyl (C=O) groups is 1. The van der Waals surface area contributed by atoms with Crippen LogP contribution in [0.2, 0.25) is 0 Å². The van der Waals surface area contributed by atoms with Crippen LogP contribution in [0.3, 0.4) is 0 Å². The van der Waals surface area contributed by atoms with Gasteiger partial charge in [0.15, 0.2) is 0 Å². The molecule has 4 heteroatoms. The third-order valence-corrected chi connectivity index (χ3v) is 10.8. The van der Waals surface area contributed by atoms with Gasteiger partial charge in [-0.25, -0.2) is 0 Å². The Morgan fingerprint density at radius 2 is 0.740 bits per heavy atom. The van der Waals surface area contributed by atoms with Crippen LogP contribution in [0.5, 0.6) is 0 Å². The summed E-state index contributed by atoms with van der Waals surface area (Å²) in [5, 5.41) is 23.0. The lowest BCUT2D eigenvalue weighted by Crippen LogP contribution is -2.45. The van der Waals surface area contributed by atoms with Crippen molar-refractivity contribution >= 4 is 5.91 Å². The summed E-state index contributed by atoms with van der Waals surface area (Å²) in [5.74, 6) is -0.0590. The van der Waals surface area contributed by atoms with E-state index in [1.54, 1.807) is 6.08 Å². The van der Waals surface area contributed by atoms with Gasteiger partial charge in [-0.3, -0.25) is 4.79 Å². The number of unbranched alkanes of at least 4 members (excludes halogenated alkanes) is 35. The van der Waals surface area contributed by atoms with Gasteiger partial charge in [-0.05, 0) is 19.3 Å². The Kier molecular flexibility index (Phi) is 41.8. The highest BCUT2D eigenvalue weighted by Crippen LogP contribution is 2.16. The Morgan fingerprint density at radius 1 is 0.460 bits per heavy atom. The number of hydrogen-bond donors (Lipinski definition) is 3. The summed E-state index contributed by atoms with van der Waals surface area (Å²) in [6.45, 7) is 4.33. The molecule has 3 N–H and O–H groups in total. The summed E-state index contributed by atoms with van der Waals surface area (Å²) in [7, 11) is 0. The summed E-state index contributed by atoms with van der Waals surface area (Å²) in [5.41, 5.74) is 0. The summed E-state index contributed by atoms with van der Waals surface area (Å²) >= 11 is 0. The summed E-state index contributed by atoms with van der Waals surface area (Å²) in [4.78, 5) is 12.4. The van der Waals surface area contributed by atoms with Crippen LogP contribution in [0, 0.1) is 0 Å². The number of allylic oxidation sites excluding steroid dienone is 1. The van der Waals surface area contributed by atoms with Crippen molar-refractivity contribution in [3.05, 3.63) is 12.2 Å². The first kappa shape index (κ1) is 49.1. The van der Waals surface area contributed by atoms with Gasteiger partial charge in [-0.1, -0.05) is 244 Å². The summed E-state index contributed by atoms with van der Waals surface area (Å²) < 4.78 is 0. The number of carbonyl (C=O) groups excluding carboxylic acids is 1. The van der Waals surface area contributed by atoms with Gasteiger partial charge in [-0.15, -0.1) is 0 Å². The molecular weight excluding hydrogens is 615 g/mol. The number of rotatable bonds is 42. The Labute approximate surface area is 314 Å². The molecule has 0 rings (SSSR count). The van der Waals surface area contributed by atoms with Crippen LogP contribution in [0.15, 0.2) is 12.2 Å². The van der Waals surface area contributed by atoms with E-state index in [-0.39, 0.29) is 12.5 Å². The first-order chi connectivity index (χ1) is 24.7. The Hall–Kier alpha value is -0.870. The van der Waals surface area contributed by atoms with Gasteiger partial charge in [0.2, 0.25) is 5.91 Å². The molecule has 2 atom stereocenters. The minimum absolute atomic E-state index is 0.0590. The molecule has 298 valence electrons. The fourth-order valence-electron chi connectivity index (χ4n) is 7.24. The first-order valence-corrected chi connectivity index (χ1v) is 22.9. The molecule has 0 aromatic rings. The molecular formula is C46H91NO3. The molecule has 2 unspecified atom stereocenters. The molecule has 0 aliphatic rings. The van der Waals surface area contributed by atoms with Crippen LogP contribution < -0.4 is 5.32 Å². The van der Waals surface area contributed by atoms with Gasteiger partial charge in [0, 0.05) is 6.42 Å². The monoisotopic (exact) mass is 706 g/mol. The molecule has 0 fully saturated rings. The quantitative estimate of drug-likeness (QED) is 0.0437. The number of aliphatic hydroxyl groups excluding tert-OH is 2. The predicted molar refractivity (Wildman–Crippen MR) is 221 cm³/mol. The van der Waals surface area contributed by atoms with Gasteiger partial charge < -0.3 is 15.5 Å². The molecule has 0 heterocycles. The SMILES string of the molecule is CCCCCCCCCCCCCCCCCCCCC/C=C/C(O)C(CO)NC(=O)CCCCCCCCCCCCCCCCCCC. The number of hydrogen-bond acceptors (Lipinski definition) is 3. The fraction of sp³-hybridized carbons (Fsp3) is 0.935. The van der Waals surface area contributed by atoms with E-state index in [9.17, 15) is 15.0 Å². The van der Waals surface area contributed by atoms with Crippen molar-refractivity contribution in [2.45, 2.75) is 270 Å². The second-order valence-corrected chi connectivity index (χ2v) is 15.8. The van der Waals surface area contributed by atoms with E-state index >= 15 is 0 Å². The van der Waals surface area contributed by atoms with Gasteiger partial charge in [-0.2, -0.15) is 0 Å². The zero-order chi connectivity index (χ0) is 36.4. The van der Waals surface area contributed by atoms with Crippen molar-refractivity contribution < 1.29 is 15.0 Å². The van der Waals surface area contributed by atoms with Crippen molar-refractivity contribution in [1.82, 2.24) is 5.32 Å². The normalized spacial score (nSPS) is 13.0. The second-order valence-electron chi connectivity index (χ2n) is 15.8. The molecule has 0 spiro atoms. The van der Waals surface area contributed by atoms with E-state index in [2.05, 4.69) is 19.2 Å². The van der Waals surface area contributed by atoms with Crippen molar-refractivity contribution in [2.75, 3.05) is 6.61 Å². The molecule has 0 bridgehead atoms. The molecule has 0 radical (unpaired) electrons. The lowest BCUT2D eigenvalue weighted by molar-refractivity contribution is -0.123. The van der Waals surface area contributed by atoms with Crippen LogP contribution in [0.1, 0.15) is 258 Å². The van der Waals surface area contributed by atoms with Crippen molar-refractivity contribution in [1.29, 1.82) is 0 Å². The minimum Gasteiger partial charge on any atom is -0.394 e. The Bertz CT molecular complexity index is 680. The van der Waals surface area contributed by atoms with Crippen LogP contribution in [-0.2, 0) is 4.79 Å². The molecule has 0 saturated heterocycles. The molecule has 0 aromatic heterocycles. The molecule has 50 heavy (non-hydrogen) atoms. The maximum Gasteiger partial charge on any atom is 0.220 e. The van der Waals surface area contributed by atoms with Crippen molar-refractivity contribution in [3.8, 4) is 0 Å². The van der Waals surface area contributed by atoms with Crippen molar-refractivity contribution in [2.24, 2.45) is 0 Å². The van der Waals surface area contributed by atoms with Gasteiger partial charge in [0.05, 0.1) is 18.8 Å². The van der Waals surface area contributed by atoms with E-state index in [1.165, 1.54) is 212 Å². The van der Waals surface area contributed by atoms with E-state index in [0.29, 0.717) is 6.42 Å². The smallest absolute Gasteiger partial charge is 0.220 e. The summed E-state index contributed by atoms with van der Waals surface area (Å²) in [6, 6.07) is -0.616. The fourth-order valence-corrected chi connectivity index (χ4v) is 7.24. The highest BCUT2D eigenvalue weighted by atomic mass is 16.3. The van der Waals surface area contributed by atoms with Crippen LogP contribution in [0.25, 0.3) is 0 Å². The van der Waals surface area contributed by atoms with Crippen LogP contribution in [0.4, 0.5) is 0 Å². The number of nitrogens with one attached hydrogen (secondary N) is 1. The molecule has 1 amide bonds. The lowest BCUT2D eigenvalue weighted by Gasteiger charge is -2.20. The van der Waals surface area contributed by atoms with Gasteiger partial charge in [0.25, 0.3) is 0 Å². The maximum absolute atomic E-state index is 12.4. The third kappa shape index (κ3) is 38.4. The summed E-state index contributed by atoms with van der Waals surface area (Å²) in [6.07, 6.45) is 53.2. The third-order valence-electron chi connectivity index (χ3n) is 10.8. The minimum atomic E-state index is -0.834. The maximum atomic E-state index is 12.4. The van der Waals surface area contributed by atoms with Crippen LogP contribution in [-0.4, -0.2) is 34.9 Å². The average molecular weight is 706 g/mol. The van der Waals surface area contributed by atoms with E-state index in [0.717, 1.165) is 25.7 Å². The van der Waals surface area contributed by atoms with E-state index < -0.39 is 12.1 Å². The zero-order valence-electron chi connectivity index (χ0n) is 34.2. The number of aliphatic hydroxyl groups is 2. The zero-order valence-corrected chi connectivity index (χ0v) is 34.2. The standard InChI is InChI=1S/C46H91NO3/c1-3-5-7-9-11-13-15-17-19-21-22-23-24-26-27-29-31-33-35-37-39-41-45(49)44(43-48)47-46(50)42-40-38-36-34-32-30-28-25-20-18-16-14-12-10-8-6-4-2/h39,41,44-45,48-49H,3-38,40,42-43H2,1-2H3,(H,47,50)/b41-39+. The topological polar surface area (TPSA) is 69.6 Å². The lowest BCUT2D eigenvalue weighted by atomic mass is 10.0. The molecule has 0 aliphatic heterocycles. The molecule has 0 saturated carbocycles. The van der Waals surface area contributed by atoms with Gasteiger partial charge >= 0.3 is 0 Å². The Balaban J connectivity index is 3.51. The average Bonchev–Trinajstić information content (AvgIpc) is 3.12. The second kappa shape index (κ2) is 42.5. The van der Waals surface area contributed by atoms with Crippen molar-refractivity contribution in [3.63, 3.8) is 0 Å². The molecule has 0 aliphatic carbocycles. The van der Waals surface area contributed by atoms with Gasteiger partial charge in [0.1, 0.15) is 0 Å².